The number of hydrogen-bond donors (Lipinski definition) is 1. The van der Waals surface area contributed by atoms with E-state index in [0.717, 1.165) is 37.4 Å². The molecule has 3 atom stereocenters. The molecule has 4 heteroatoms. The van der Waals surface area contributed by atoms with Crippen LogP contribution in [-0.2, 0) is 6.42 Å². The molecule has 128 valence electrons. The molecule has 23 heavy (non-hydrogen) atoms. The van der Waals surface area contributed by atoms with E-state index in [-0.39, 0.29) is 6.10 Å². The van der Waals surface area contributed by atoms with Crippen molar-refractivity contribution in [3.63, 3.8) is 0 Å². The highest BCUT2D eigenvalue weighted by Gasteiger charge is 2.38. The lowest BCUT2D eigenvalue weighted by molar-refractivity contribution is -0.0352. The standard InChI is InChI=1S/C19H29NO3/c1-22-18-8-7-14(13-19(18)23-2)9-11-20-12-10-17(21)15-5-3-4-6-16(15)20/h7-8,13,15-17,21H,3-6,9-12H2,1-2H3/t15-,16+,17+/m1/s1. The largest absolute Gasteiger partial charge is 0.493 e. The second kappa shape index (κ2) is 7.54. The third kappa shape index (κ3) is 3.64. The third-order valence-electron chi connectivity index (χ3n) is 5.59. The smallest absolute Gasteiger partial charge is 0.160 e. The van der Waals surface area contributed by atoms with Gasteiger partial charge in [0, 0.05) is 25.0 Å². The fourth-order valence-corrected chi connectivity index (χ4v) is 4.31. The van der Waals surface area contributed by atoms with E-state index < -0.39 is 0 Å². The zero-order valence-electron chi connectivity index (χ0n) is 14.3. The van der Waals surface area contributed by atoms with Crippen LogP contribution in [0.2, 0.25) is 0 Å². The molecule has 0 unspecified atom stereocenters. The van der Waals surface area contributed by atoms with Crippen LogP contribution in [-0.4, -0.2) is 49.5 Å². The number of nitrogens with zero attached hydrogens (tertiary/aromatic N) is 1. The lowest BCUT2D eigenvalue weighted by Crippen LogP contribution is -2.52. The third-order valence-corrected chi connectivity index (χ3v) is 5.59. The molecular formula is C19H29NO3. The molecule has 1 N–H and O–H groups in total. The first-order chi connectivity index (χ1) is 11.2. The molecule has 1 aliphatic heterocycles. The Hall–Kier alpha value is -1.26. The van der Waals surface area contributed by atoms with E-state index in [4.69, 9.17) is 9.47 Å². The van der Waals surface area contributed by atoms with Crippen LogP contribution in [0.15, 0.2) is 18.2 Å². The van der Waals surface area contributed by atoms with Crippen LogP contribution in [0.1, 0.15) is 37.7 Å². The van der Waals surface area contributed by atoms with Gasteiger partial charge in [0.05, 0.1) is 20.3 Å². The first-order valence-corrected chi connectivity index (χ1v) is 8.86. The minimum Gasteiger partial charge on any atom is -0.493 e. The van der Waals surface area contributed by atoms with E-state index in [1.54, 1.807) is 14.2 Å². The highest BCUT2D eigenvalue weighted by atomic mass is 16.5. The summed E-state index contributed by atoms with van der Waals surface area (Å²) in [6, 6.07) is 6.76. The predicted molar refractivity (Wildman–Crippen MR) is 91.2 cm³/mol. The van der Waals surface area contributed by atoms with E-state index in [0.29, 0.717) is 12.0 Å². The Morgan fingerprint density at radius 1 is 1.09 bits per heavy atom. The van der Waals surface area contributed by atoms with E-state index in [1.807, 2.05) is 6.07 Å². The maximum Gasteiger partial charge on any atom is 0.160 e. The predicted octanol–water partition coefficient (Wildman–Crippen LogP) is 2.87. The van der Waals surface area contributed by atoms with Gasteiger partial charge in [0.25, 0.3) is 0 Å². The van der Waals surface area contributed by atoms with Crippen LogP contribution in [0, 0.1) is 5.92 Å². The Labute approximate surface area is 139 Å². The van der Waals surface area contributed by atoms with Crippen molar-refractivity contribution in [3.8, 4) is 11.5 Å². The van der Waals surface area contributed by atoms with Crippen molar-refractivity contribution in [2.24, 2.45) is 5.92 Å². The van der Waals surface area contributed by atoms with Gasteiger partial charge >= 0.3 is 0 Å². The van der Waals surface area contributed by atoms with Gasteiger partial charge < -0.3 is 14.6 Å². The maximum absolute atomic E-state index is 10.3. The van der Waals surface area contributed by atoms with E-state index in [2.05, 4.69) is 17.0 Å². The number of piperidine rings is 1. The maximum atomic E-state index is 10.3. The molecule has 3 rings (SSSR count). The zero-order chi connectivity index (χ0) is 16.2. The Morgan fingerprint density at radius 3 is 2.65 bits per heavy atom. The number of aliphatic hydroxyl groups is 1. The Balaban J connectivity index is 1.63. The van der Waals surface area contributed by atoms with Crippen molar-refractivity contribution in [1.29, 1.82) is 0 Å². The summed E-state index contributed by atoms with van der Waals surface area (Å²) in [5.74, 6) is 2.07. The number of aliphatic hydroxyl groups excluding tert-OH is 1. The number of methoxy groups -OCH3 is 2. The van der Waals surface area contributed by atoms with Gasteiger partial charge in [-0.25, -0.2) is 0 Å². The minimum atomic E-state index is -0.0855. The van der Waals surface area contributed by atoms with E-state index >= 15 is 0 Å². The van der Waals surface area contributed by atoms with Crippen molar-refractivity contribution < 1.29 is 14.6 Å². The monoisotopic (exact) mass is 319 g/mol. The van der Waals surface area contributed by atoms with Gasteiger partial charge in [0.1, 0.15) is 0 Å². The topological polar surface area (TPSA) is 41.9 Å². The van der Waals surface area contributed by atoms with Crippen LogP contribution >= 0.6 is 0 Å². The number of likely N-dealkylation sites (tertiary alicyclic amines) is 1. The summed E-state index contributed by atoms with van der Waals surface area (Å²) in [7, 11) is 3.35. The van der Waals surface area contributed by atoms with Crippen LogP contribution in [0.25, 0.3) is 0 Å². The molecule has 1 heterocycles. The molecule has 2 aliphatic rings. The van der Waals surface area contributed by atoms with Gasteiger partial charge in [0.2, 0.25) is 0 Å². The molecule has 1 aromatic carbocycles. The molecule has 0 amide bonds. The van der Waals surface area contributed by atoms with E-state index in [1.165, 1.54) is 31.2 Å². The van der Waals surface area contributed by atoms with Crippen LogP contribution in [0.5, 0.6) is 11.5 Å². The van der Waals surface area contributed by atoms with Crippen LogP contribution < -0.4 is 9.47 Å². The summed E-state index contributed by atoms with van der Waals surface area (Å²) in [5, 5.41) is 10.3. The molecule has 1 saturated heterocycles. The average molecular weight is 319 g/mol. The van der Waals surface area contributed by atoms with Crippen molar-refractivity contribution in [2.75, 3.05) is 27.3 Å². The quantitative estimate of drug-likeness (QED) is 0.906. The van der Waals surface area contributed by atoms with Gasteiger partial charge in [-0.05, 0) is 43.4 Å². The normalized spacial score (nSPS) is 28.2. The number of benzene rings is 1. The molecule has 0 spiro atoms. The molecule has 0 bridgehead atoms. The van der Waals surface area contributed by atoms with Crippen LogP contribution in [0.3, 0.4) is 0 Å². The molecule has 1 saturated carbocycles. The zero-order valence-corrected chi connectivity index (χ0v) is 14.3. The highest BCUT2D eigenvalue weighted by Crippen LogP contribution is 2.35. The SMILES string of the molecule is COc1ccc(CCN2CC[C@H](O)[C@@H]3CCCC[C@@H]32)cc1OC. The molecule has 1 aromatic rings. The second-order valence-corrected chi connectivity index (χ2v) is 6.85. The summed E-state index contributed by atoms with van der Waals surface area (Å²) in [6.07, 6.45) is 6.87. The van der Waals surface area contributed by atoms with Crippen molar-refractivity contribution in [1.82, 2.24) is 4.90 Å². The first-order valence-electron chi connectivity index (χ1n) is 8.86. The van der Waals surface area contributed by atoms with Gasteiger partial charge in [0.15, 0.2) is 11.5 Å². The number of hydrogen-bond acceptors (Lipinski definition) is 4. The Kier molecular flexibility index (Phi) is 5.44. The number of rotatable bonds is 5. The lowest BCUT2D eigenvalue weighted by atomic mass is 9.76. The molecule has 0 radical (unpaired) electrons. The van der Waals surface area contributed by atoms with Gasteiger partial charge in [-0.2, -0.15) is 0 Å². The number of ether oxygens (including phenoxy) is 2. The molecule has 2 fully saturated rings. The first kappa shape index (κ1) is 16.6. The van der Waals surface area contributed by atoms with Crippen molar-refractivity contribution in [3.05, 3.63) is 23.8 Å². The van der Waals surface area contributed by atoms with Gasteiger partial charge in [-0.15, -0.1) is 0 Å². The summed E-state index contributed by atoms with van der Waals surface area (Å²) in [5.41, 5.74) is 1.28. The minimum absolute atomic E-state index is 0.0855. The van der Waals surface area contributed by atoms with Gasteiger partial charge in [-0.1, -0.05) is 18.9 Å². The lowest BCUT2D eigenvalue weighted by Gasteiger charge is -2.46. The average Bonchev–Trinajstić information content (AvgIpc) is 2.61. The van der Waals surface area contributed by atoms with Crippen molar-refractivity contribution in [2.45, 2.75) is 50.7 Å². The van der Waals surface area contributed by atoms with Crippen LogP contribution in [0.4, 0.5) is 0 Å². The second-order valence-electron chi connectivity index (χ2n) is 6.85. The molecule has 1 aliphatic carbocycles. The summed E-state index contributed by atoms with van der Waals surface area (Å²) in [6.45, 7) is 2.08. The summed E-state index contributed by atoms with van der Waals surface area (Å²) < 4.78 is 10.7. The van der Waals surface area contributed by atoms with Crippen molar-refractivity contribution >= 4 is 0 Å². The molecule has 4 nitrogen and oxygen atoms in total. The Bertz CT molecular complexity index is 519. The highest BCUT2D eigenvalue weighted by molar-refractivity contribution is 5.42. The number of fused-ring (bicyclic) bond motifs is 1. The summed E-state index contributed by atoms with van der Waals surface area (Å²) in [4.78, 5) is 2.60. The fourth-order valence-electron chi connectivity index (χ4n) is 4.31. The van der Waals surface area contributed by atoms with E-state index in [9.17, 15) is 5.11 Å². The Morgan fingerprint density at radius 2 is 1.87 bits per heavy atom. The van der Waals surface area contributed by atoms with Gasteiger partial charge in [-0.3, -0.25) is 4.90 Å². The fraction of sp³-hybridized carbons (Fsp3) is 0.684. The molecular weight excluding hydrogens is 290 g/mol. The summed E-state index contributed by atoms with van der Waals surface area (Å²) >= 11 is 0. The molecule has 0 aromatic heterocycles.